The lowest BCUT2D eigenvalue weighted by atomic mass is 10.2. The number of hydrogen-bond donors (Lipinski definition) is 0. The van der Waals surface area contributed by atoms with Crippen molar-refractivity contribution in [1.29, 1.82) is 0 Å². The molecule has 2 heterocycles. The molecule has 1 amide bonds. The van der Waals surface area contributed by atoms with Gasteiger partial charge >= 0.3 is 5.97 Å². The first kappa shape index (κ1) is 19.2. The molecular weight excluding hydrogens is 384 g/mol. The quantitative estimate of drug-likeness (QED) is 0.426. The number of benzene rings is 1. The zero-order valence-electron chi connectivity index (χ0n) is 14.7. The molecule has 0 unspecified atom stereocenters. The standard InChI is InChI=1S/C19H18N2O4S2/c1-21(11-17-20-13-5-2-3-6-15(13)27-17)18(23)12-25-19(24)9-8-14(22)16-7-4-10-26-16/h2-7,10H,8-9,11-12H2,1H3. The number of para-hydroxylation sites is 1. The monoisotopic (exact) mass is 402 g/mol. The molecule has 140 valence electrons. The molecule has 0 aliphatic rings. The van der Waals surface area contributed by atoms with Crippen LogP contribution in [0, 0.1) is 0 Å². The number of thiazole rings is 1. The SMILES string of the molecule is CN(Cc1nc2ccccc2s1)C(=O)COC(=O)CCC(=O)c1cccs1. The predicted molar refractivity (Wildman–Crippen MR) is 105 cm³/mol. The van der Waals surface area contributed by atoms with Crippen LogP contribution in [0.4, 0.5) is 0 Å². The normalized spacial score (nSPS) is 10.7. The number of Topliss-reactive ketones (excluding diaryl/α,β-unsaturated/α-hetero) is 1. The number of likely N-dealkylation sites (N-methyl/N-ethyl adjacent to an activating group) is 1. The van der Waals surface area contributed by atoms with Crippen LogP contribution >= 0.6 is 22.7 Å². The van der Waals surface area contributed by atoms with E-state index in [2.05, 4.69) is 4.98 Å². The lowest BCUT2D eigenvalue weighted by molar-refractivity contribution is -0.151. The minimum absolute atomic E-state index is 0.0361. The molecule has 0 bridgehead atoms. The molecule has 27 heavy (non-hydrogen) atoms. The summed E-state index contributed by atoms with van der Waals surface area (Å²) in [7, 11) is 1.64. The highest BCUT2D eigenvalue weighted by molar-refractivity contribution is 7.18. The summed E-state index contributed by atoms with van der Waals surface area (Å²) in [4.78, 5) is 42.4. The summed E-state index contributed by atoms with van der Waals surface area (Å²) in [5, 5.41) is 2.63. The summed E-state index contributed by atoms with van der Waals surface area (Å²) >= 11 is 2.87. The number of thiophene rings is 1. The molecule has 0 atom stereocenters. The molecule has 0 aliphatic carbocycles. The Morgan fingerprint density at radius 1 is 1.11 bits per heavy atom. The molecule has 1 aromatic carbocycles. The Bertz CT molecular complexity index is 917. The number of nitrogens with zero attached hydrogens (tertiary/aromatic N) is 2. The van der Waals surface area contributed by atoms with Crippen LogP contribution in [0.5, 0.6) is 0 Å². The van der Waals surface area contributed by atoms with Gasteiger partial charge < -0.3 is 9.64 Å². The fourth-order valence-corrected chi connectivity index (χ4v) is 4.09. The molecular formula is C19H18N2O4S2. The van der Waals surface area contributed by atoms with Gasteiger partial charge in [0.15, 0.2) is 12.4 Å². The molecule has 0 fully saturated rings. The number of carbonyl (C=O) groups is 3. The average molecular weight is 402 g/mol. The van der Waals surface area contributed by atoms with Gasteiger partial charge in [0.05, 0.1) is 28.1 Å². The van der Waals surface area contributed by atoms with Crippen molar-refractivity contribution in [3.05, 3.63) is 51.7 Å². The van der Waals surface area contributed by atoms with Crippen molar-refractivity contribution in [2.45, 2.75) is 19.4 Å². The zero-order chi connectivity index (χ0) is 19.2. The van der Waals surface area contributed by atoms with Crippen molar-refractivity contribution < 1.29 is 19.1 Å². The van der Waals surface area contributed by atoms with Gasteiger partial charge in [-0.15, -0.1) is 22.7 Å². The Kier molecular flexibility index (Phi) is 6.31. The number of ether oxygens (including phenoxy) is 1. The molecule has 3 aromatic rings. The summed E-state index contributed by atoms with van der Waals surface area (Å²) in [5.74, 6) is -0.963. The van der Waals surface area contributed by atoms with E-state index in [4.69, 9.17) is 4.74 Å². The first-order valence-electron chi connectivity index (χ1n) is 8.33. The summed E-state index contributed by atoms with van der Waals surface area (Å²) in [6.07, 6.45) is 0.0423. The Morgan fingerprint density at radius 2 is 1.93 bits per heavy atom. The number of hydrogen-bond acceptors (Lipinski definition) is 7. The minimum Gasteiger partial charge on any atom is -0.456 e. The van der Waals surface area contributed by atoms with Crippen LogP contribution in [0.3, 0.4) is 0 Å². The van der Waals surface area contributed by atoms with Crippen LogP contribution in [0.1, 0.15) is 27.5 Å². The van der Waals surface area contributed by atoms with Crippen LogP contribution < -0.4 is 0 Å². The van der Waals surface area contributed by atoms with E-state index in [1.807, 2.05) is 29.6 Å². The number of carbonyl (C=O) groups excluding carboxylic acids is 3. The number of esters is 1. The number of ketones is 1. The van der Waals surface area contributed by atoms with Gasteiger partial charge in [-0.05, 0) is 23.6 Å². The maximum Gasteiger partial charge on any atom is 0.306 e. The van der Waals surface area contributed by atoms with Crippen LogP contribution in [0.2, 0.25) is 0 Å². The van der Waals surface area contributed by atoms with Gasteiger partial charge in [0, 0.05) is 13.5 Å². The Hall–Kier alpha value is -2.58. The first-order valence-corrected chi connectivity index (χ1v) is 10.0. The van der Waals surface area contributed by atoms with Crippen LogP contribution in [0.15, 0.2) is 41.8 Å². The van der Waals surface area contributed by atoms with Crippen molar-refractivity contribution >= 4 is 50.5 Å². The molecule has 0 radical (unpaired) electrons. The van der Waals surface area contributed by atoms with Gasteiger partial charge in [-0.25, -0.2) is 4.98 Å². The minimum atomic E-state index is -0.554. The summed E-state index contributed by atoms with van der Waals surface area (Å²) in [6, 6.07) is 11.3. The number of fused-ring (bicyclic) bond motifs is 1. The lowest BCUT2D eigenvalue weighted by Gasteiger charge is -2.15. The second-order valence-corrected chi connectivity index (χ2v) is 7.95. The van der Waals surface area contributed by atoms with Crippen LogP contribution in [0.25, 0.3) is 10.2 Å². The van der Waals surface area contributed by atoms with Gasteiger partial charge in [0.25, 0.3) is 5.91 Å². The van der Waals surface area contributed by atoms with Crippen molar-refractivity contribution in [2.24, 2.45) is 0 Å². The summed E-state index contributed by atoms with van der Waals surface area (Å²) in [6.45, 7) is 0.0139. The van der Waals surface area contributed by atoms with Crippen molar-refractivity contribution in [2.75, 3.05) is 13.7 Å². The highest BCUT2D eigenvalue weighted by Crippen LogP contribution is 2.22. The molecule has 0 saturated heterocycles. The Morgan fingerprint density at radius 3 is 2.67 bits per heavy atom. The second kappa shape index (κ2) is 8.88. The Labute approximate surface area is 164 Å². The largest absolute Gasteiger partial charge is 0.456 e. The lowest BCUT2D eigenvalue weighted by Crippen LogP contribution is -2.30. The summed E-state index contributed by atoms with van der Waals surface area (Å²) in [5.41, 5.74) is 0.903. The molecule has 6 nitrogen and oxygen atoms in total. The van der Waals surface area contributed by atoms with E-state index in [0.717, 1.165) is 15.2 Å². The van der Waals surface area contributed by atoms with E-state index in [1.54, 1.807) is 19.2 Å². The molecule has 3 rings (SSSR count). The maximum atomic E-state index is 12.2. The highest BCUT2D eigenvalue weighted by atomic mass is 32.1. The highest BCUT2D eigenvalue weighted by Gasteiger charge is 2.16. The van der Waals surface area contributed by atoms with Crippen LogP contribution in [-0.2, 0) is 20.9 Å². The molecule has 8 heteroatoms. The molecule has 0 N–H and O–H groups in total. The smallest absolute Gasteiger partial charge is 0.306 e. The molecule has 0 saturated carbocycles. The molecule has 0 aliphatic heterocycles. The van der Waals surface area contributed by atoms with Gasteiger partial charge in [0.1, 0.15) is 5.01 Å². The van der Waals surface area contributed by atoms with Crippen molar-refractivity contribution in [1.82, 2.24) is 9.88 Å². The van der Waals surface area contributed by atoms with E-state index in [0.29, 0.717) is 11.4 Å². The zero-order valence-corrected chi connectivity index (χ0v) is 16.3. The molecule has 2 aromatic heterocycles. The van der Waals surface area contributed by atoms with E-state index in [-0.39, 0.29) is 31.1 Å². The number of rotatable bonds is 8. The summed E-state index contributed by atoms with van der Waals surface area (Å²) < 4.78 is 6.06. The first-order chi connectivity index (χ1) is 13.0. The number of aromatic nitrogens is 1. The third-order valence-electron chi connectivity index (χ3n) is 3.85. The van der Waals surface area contributed by atoms with Crippen molar-refractivity contribution in [3.63, 3.8) is 0 Å². The van der Waals surface area contributed by atoms with Gasteiger partial charge in [-0.1, -0.05) is 18.2 Å². The second-order valence-electron chi connectivity index (χ2n) is 5.89. The van der Waals surface area contributed by atoms with E-state index < -0.39 is 5.97 Å². The fourth-order valence-electron chi connectivity index (χ4n) is 2.38. The third kappa shape index (κ3) is 5.21. The predicted octanol–water partition coefficient (Wildman–Crippen LogP) is 3.52. The van der Waals surface area contributed by atoms with Crippen LogP contribution in [-0.4, -0.2) is 41.2 Å². The third-order valence-corrected chi connectivity index (χ3v) is 5.78. The van der Waals surface area contributed by atoms with E-state index in [1.165, 1.54) is 27.6 Å². The molecule has 0 spiro atoms. The Balaban J connectivity index is 1.42. The topological polar surface area (TPSA) is 76.6 Å². The van der Waals surface area contributed by atoms with E-state index in [9.17, 15) is 14.4 Å². The van der Waals surface area contributed by atoms with Gasteiger partial charge in [-0.3, -0.25) is 14.4 Å². The van der Waals surface area contributed by atoms with E-state index >= 15 is 0 Å². The number of amides is 1. The maximum absolute atomic E-state index is 12.2. The average Bonchev–Trinajstić information content (AvgIpc) is 3.33. The fraction of sp³-hybridized carbons (Fsp3) is 0.263. The van der Waals surface area contributed by atoms with Gasteiger partial charge in [-0.2, -0.15) is 0 Å². The van der Waals surface area contributed by atoms with Gasteiger partial charge in [0.2, 0.25) is 0 Å². The van der Waals surface area contributed by atoms with Crippen molar-refractivity contribution in [3.8, 4) is 0 Å².